The summed E-state index contributed by atoms with van der Waals surface area (Å²) in [5.74, 6) is -0.0398. The summed E-state index contributed by atoms with van der Waals surface area (Å²) in [6.45, 7) is 2.06. The third kappa shape index (κ3) is 2.80. The first-order chi connectivity index (χ1) is 9.54. The highest BCUT2D eigenvalue weighted by molar-refractivity contribution is 5.02. The van der Waals surface area contributed by atoms with E-state index in [1.807, 2.05) is 0 Å². The third-order valence-electron chi connectivity index (χ3n) is 3.90. The van der Waals surface area contributed by atoms with Gasteiger partial charge in [0.05, 0.1) is 18.6 Å². The van der Waals surface area contributed by atoms with E-state index < -0.39 is 12.1 Å². The minimum absolute atomic E-state index is 0.0386. The molecule has 5 nitrogen and oxygen atoms in total. The lowest BCUT2D eigenvalue weighted by molar-refractivity contribution is -0.182. The van der Waals surface area contributed by atoms with Gasteiger partial charge in [-0.25, -0.2) is 0 Å². The molecular formula is C12H17F3N4O. The predicted octanol–water partition coefficient (Wildman–Crippen LogP) is 0.934. The number of aryl methyl sites for hydroxylation is 1. The number of halogens is 3. The number of morpholine rings is 1. The Hall–Kier alpha value is -1.15. The molecule has 0 aromatic carbocycles. The van der Waals surface area contributed by atoms with Gasteiger partial charge in [-0.1, -0.05) is 0 Å². The maximum absolute atomic E-state index is 12.8. The molecule has 0 saturated carbocycles. The lowest BCUT2D eigenvalue weighted by Crippen LogP contribution is -2.40. The Bertz CT molecular complexity index is 468. The number of alkyl halides is 3. The summed E-state index contributed by atoms with van der Waals surface area (Å²) in [6, 6.07) is 0. The monoisotopic (exact) mass is 290 g/mol. The van der Waals surface area contributed by atoms with Crippen LogP contribution in [-0.2, 0) is 24.1 Å². The van der Waals surface area contributed by atoms with Crippen LogP contribution in [0.1, 0.15) is 18.1 Å². The lowest BCUT2D eigenvalue weighted by atomic mass is 9.98. The van der Waals surface area contributed by atoms with Crippen LogP contribution in [0.4, 0.5) is 13.2 Å². The number of rotatable bonds is 2. The van der Waals surface area contributed by atoms with Crippen LogP contribution >= 0.6 is 0 Å². The zero-order valence-electron chi connectivity index (χ0n) is 11.0. The molecule has 1 fully saturated rings. The van der Waals surface area contributed by atoms with Crippen LogP contribution in [-0.4, -0.2) is 46.7 Å². The first-order valence-corrected chi connectivity index (χ1v) is 6.84. The minimum atomic E-state index is -4.15. The number of aromatic nitrogens is 3. The van der Waals surface area contributed by atoms with Crippen molar-refractivity contribution in [1.82, 2.24) is 20.1 Å². The number of ether oxygens (including phenoxy) is 1. The molecule has 1 saturated heterocycles. The number of fused-ring (bicyclic) bond motifs is 1. The number of nitrogens with zero attached hydrogens (tertiary/aromatic N) is 3. The smallest absolute Gasteiger partial charge is 0.375 e. The minimum Gasteiger partial charge on any atom is -0.375 e. The van der Waals surface area contributed by atoms with Gasteiger partial charge in [-0.3, -0.25) is 0 Å². The fourth-order valence-electron chi connectivity index (χ4n) is 2.76. The van der Waals surface area contributed by atoms with Crippen molar-refractivity contribution in [3.8, 4) is 0 Å². The molecule has 112 valence electrons. The Kier molecular flexibility index (Phi) is 3.68. The largest absolute Gasteiger partial charge is 0.393 e. The van der Waals surface area contributed by atoms with Crippen molar-refractivity contribution in [3.05, 3.63) is 11.6 Å². The third-order valence-corrected chi connectivity index (χ3v) is 3.90. The van der Waals surface area contributed by atoms with Crippen LogP contribution in [0.2, 0.25) is 0 Å². The second-order valence-corrected chi connectivity index (χ2v) is 5.32. The van der Waals surface area contributed by atoms with Crippen molar-refractivity contribution in [1.29, 1.82) is 0 Å². The number of hydrogen-bond donors (Lipinski definition) is 1. The molecule has 0 spiro atoms. The Morgan fingerprint density at radius 3 is 2.90 bits per heavy atom. The SMILES string of the molecule is FC(F)(F)C1CCc2nnc(CC3CNCCO3)n2C1. The molecule has 0 aliphatic carbocycles. The quantitative estimate of drug-likeness (QED) is 0.880. The summed E-state index contributed by atoms with van der Waals surface area (Å²) in [7, 11) is 0. The van der Waals surface area contributed by atoms with Crippen molar-refractivity contribution in [3.63, 3.8) is 0 Å². The molecular weight excluding hydrogens is 273 g/mol. The first-order valence-electron chi connectivity index (χ1n) is 6.84. The lowest BCUT2D eigenvalue weighted by Gasteiger charge is -2.27. The molecule has 1 N–H and O–H groups in total. The summed E-state index contributed by atoms with van der Waals surface area (Å²) < 4.78 is 45.7. The summed E-state index contributed by atoms with van der Waals surface area (Å²) in [5, 5.41) is 11.3. The highest BCUT2D eigenvalue weighted by atomic mass is 19.4. The molecule has 1 aromatic rings. The van der Waals surface area contributed by atoms with E-state index in [0.29, 0.717) is 37.6 Å². The van der Waals surface area contributed by atoms with Gasteiger partial charge >= 0.3 is 6.18 Å². The van der Waals surface area contributed by atoms with Gasteiger partial charge in [0, 0.05) is 32.5 Å². The van der Waals surface area contributed by atoms with Gasteiger partial charge in [0.15, 0.2) is 0 Å². The highest BCUT2D eigenvalue weighted by Gasteiger charge is 2.42. The predicted molar refractivity (Wildman–Crippen MR) is 64.2 cm³/mol. The van der Waals surface area contributed by atoms with E-state index in [4.69, 9.17) is 4.74 Å². The Balaban J connectivity index is 1.73. The van der Waals surface area contributed by atoms with Crippen LogP contribution in [0, 0.1) is 5.92 Å². The molecule has 2 atom stereocenters. The van der Waals surface area contributed by atoms with Gasteiger partial charge < -0.3 is 14.6 Å². The summed E-state index contributed by atoms with van der Waals surface area (Å²) >= 11 is 0. The van der Waals surface area contributed by atoms with Crippen LogP contribution in [0.15, 0.2) is 0 Å². The van der Waals surface area contributed by atoms with E-state index in [1.54, 1.807) is 4.57 Å². The molecule has 2 unspecified atom stereocenters. The zero-order chi connectivity index (χ0) is 14.2. The van der Waals surface area contributed by atoms with Crippen molar-refractivity contribution >= 4 is 0 Å². The molecule has 8 heteroatoms. The fraction of sp³-hybridized carbons (Fsp3) is 0.833. The summed E-state index contributed by atoms with van der Waals surface area (Å²) in [4.78, 5) is 0. The molecule has 1 aromatic heterocycles. The molecule has 0 bridgehead atoms. The van der Waals surface area contributed by atoms with Crippen LogP contribution in [0.5, 0.6) is 0 Å². The summed E-state index contributed by atoms with van der Waals surface area (Å²) in [5.41, 5.74) is 0. The fourth-order valence-corrected chi connectivity index (χ4v) is 2.76. The molecule has 20 heavy (non-hydrogen) atoms. The Morgan fingerprint density at radius 2 is 2.20 bits per heavy atom. The Morgan fingerprint density at radius 1 is 1.35 bits per heavy atom. The van der Waals surface area contributed by atoms with Gasteiger partial charge in [-0.15, -0.1) is 10.2 Å². The van der Waals surface area contributed by atoms with Crippen LogP contribution < -0.4 is 5.32 Å². The molecule has 0 radical (unpaired) electrons. The van der Waals surface area contributed by atoms with Crippen LogP contribution in [0.25, 0.3) is 0 Å². The van der Waals surface area contributed by atoms with Crippen molar-refractivity contribution in [2.45, 2.75) is 38.1 Å². The van der Waals surface area contributed by atoms with Gasteiger partial charge in [0.25, 0.3) is 0 Å². The molecule has 3 heterocycles. The zero-order valence-corrected chi connectivity index (χ0v) is 11.0. The van der Waals surface area contributed by atoms with E-state index in [-0.39, 0.29) is 19.1 Å². The maximum atomic E-state index is 12.8. The van der Waals surface area contributed by atoms with Crippen molar-refractivity contribution in [2.75, 3.05) is 19.7 Å². The van der Waals surface area contributed by atoms with Crippen molar-refractivity contribution < 1.29 is 17.9 Å². The van der Waals surface area contributed by atoms with Gasteiger partial charge in [0.1, 0.15) is 11.6 Å². The second kappa shape index (κ2) is 5.33. The van der Waals surface area contributed by atoms with Gasteiger partial charge in [0.2, 0.25) is 0 Å². The molecule has 3 rings (SSSR count). The topological polar surface area (TPSA) is 52.0 Å². The first kappa shape index (κ1) is 13.8. The van der Waals surface area contributed by atoms with Gasteiger partial charge in [-0.05, 0) is 6.42 Å². The Labute approximate surface area is 114 Å². The maximum Gasteiger partial charge on any atom is 0.393 e. The second-order valence-electron chi connectivity index (χ2n) is 5.32. The molecule has 2 aliphatic heterocycles. The highest BCUT2D eigenvalue weighted by Crippen LogP contribution is 2.34. The average molecular weight is 290 g/mol. The van der Waals surface area contributed by atoms with E-state index in [0.717, 1.165) is 6.54 Å². The standard InChI is InChI=1S/C12H17F3N4O/c13-12(14,15)8-1-2-10-17-18-11(19(10)7-8)5-9-6-16-3-4-20-9/h8-9,16H,1-7H2. The van der Waals surface area contributed by atoms with Crippen molar-refractivity contribution in [2.24, 2.45) is 5.92 Å². The normalized spacial score (nSPS) is 27.4. The summed E-state index contributed by atoms with van der Waals surface area (Å²) in [6.07, 6.45) is -3.25. The van der Waals surface area contributed by atoms with E-state index >= 15 is 0 Å². The van der Waals surface area contributed by atoms with Gasteiger partial charge in [-0.2, -0.15) is 13.2 Å². The van der Waals surface area contributed by atoms with E-state index in [9.17, 15) is 13.2 Å². The molecule has 0 amide bonds. The van der Waals surface area contributed by atoms with E-state index in [1.165, 1.54) is 0 Å². The van der Waals surface area contributed by atoms with E-state index in [2.05, 4.69) is 15.5 Å². The average Bonchev–Trinajstić information content (AvgIpc) is 2.82. The number of nitrogens with one attached hydrogen (secondary N) is 1. The number of hydrogen-bond acceptors (Lipinski definition) is 4. The molecule has 2 aliphatic rings. The van der Waals surface area contributed by atoms with Crippen LogP contribution in [0.3, 0.4) is 0 Å².